The van der Waals surface area contributed by atoms with E-state index >= 15 is 0 Å². The van der Waals surface area contributed by atoms with Crippen molar-refractivity contribution in [2.24, 2.45) is 0 Å². The maximum Gasteiger partial charge on any atom is 0.343 e. The van der Waals surface area contributed by atoms with Crippen LogP contribution in [0.5, 0.6) is 5.75 Å². The van der Waals surface area contributed by atoms with Gasteiger partial charge >= 0.3 is 5.97 Å². The summed E-state index contributed by atoms with van der Waals surface area (Å²) in [7, 11) is -2.68. The van der Waals surface area contributed by atoms with Gasteiger partial charge in [0.15, 0.2) is 6.61 Å². The van der Waals surface area contributed by atoms with Crippen LogP contribution in [0.1, 0.15) is 17.2 Å². The standard InChI is InChI=1S/C18H18Cl3NO5S/c1-12-10-13(8-9-15(12)27-11-16(23)26-2)17(18(19,20)21)22-28(24,25)14-6-4-3-5-7-14/h3-10,17,22H,11H2,1-2H3. The molecule has 0 saturated heterocycles. The minimum absolute atomic E-state index is 0.0454. The maximum absolute atomic E-state index is 12.7. The molecule has 2 aromatic carbocycles. The predicted molar refractivity (Wildman–Crippen MR) is 108 cm³/mol. The van der Waals surface area contributed by atoms with Gasteiger partial charge in [0.05, 0.1) is 18.0 Å². The Labute approximate surface area is 178 Å². The van der Waals surface area contributed by atoms with Gasteiger partial charge in [0.1, 0.15) is 5.75 Å². The lowest BCUT2D eigenvalue weighted by molar-refractivity contribution is -0.142. The van der Waals surface area contributed by atoms with Crippen molar-refractivity contribution in [3.05, 3.63) is 59.7 Å². The molecule has 0 bridgehead atoms. The largest absolute Gasteiger partial charge is 0.482 e. The summed E-state index contributed by atoms with van der Waals surface area (Å²) in [5, 5.41) is 0. The predicted octanol–water partition coefficient (Wildman–Crippen LogP) is 3.94. The number of esters is 1. The summed E-state index contributed by atoms with van der Waals surface area (Å²) in [6.07, 6.45) is 0. The van der Waals surface area contributed by atoms with Crippen LogP contribution in [0.4, 0.5) is 0 Å². The Balaban J connectivity index is 2.31. The van der Waals surface area contributed by atoms with Gasteiger partial charge in [-0.25, -0.2) is 13.2 Å². The molecule has 1 N–H and O–H groups in total. The highest BCUT2D eigenvalue weighted by molar-refractivity contribution is 7.89. The third-order valence-corrected chi connectivity index (χ3v) is 5.85. The van der Waals surface area contributed by atoms with Gasteiger partial charge in [-0.1, -0.05) is 65.1 Å². The molecule has 1 atom stereocenters. The number of hydrogen-bond acceptors (Lipinski definition) is 5. The van der Waals surface area contributed by atoms with Crippen LogP contribution in [-0.4, -0.2) is 31.9 Å². The van der Waals surface area contributed by atoms with Crippen LogP contribution in [0.3, 0.4) is 0 Å². The van der Waals surface area contributed by atoms with Crippen molar-refractivity contribution in [2.45, 2.75) is 21.7 Å². The number of ether oxygens (including phenoxy) is 2. The third kappa shape index (κ3) is 5.99. The van der Waals surface area contributed by atoms with Crippen molar-refractivity contribution < 1.29 is 22.7 Å². The van der Waals surface area contributed by atoms with Gasteiger partial charge in [-0.3, -0.25) is 0 Å². The van der Waals surface area contributed by atoms with E-state index in [0.717, 1.165) is 0 Å². The Morgan fingerprint density at radius 3 is 2.32 bits per heavy atom. The number of hydrogen-bond donors (Lipinski definition) is 1. The van der Waals surface area contributed by atoms with Gasteiger partial charge in [-0.05, 0) is 36.2 Å². The Morgan fingerprint density at radius 1 is 1.14 bits per heavy atom. The number of nitrogens with one attached hydrogen (secondary N) is 1. The molecule has 0 aliphatic carbocycles. The van der Waals surface area contributed by atoms with Crippen molar-refractivity contribution in [3.63, 3.8) is 0 Å². The summed E-state index contributed by atoms with van der Waals surface area (Å²) >= 11 is 18.2. The number of halogens is 3. The minimum atomic E-state index is -3.93. The molecule has 0 fully saturated rings. The van der Waals surface area contributed by atoms with E-state index in [-0.39, 0.29) is 11.5 Å². The summed E-state index contributed by atoms with van der Waals surface area (Å²) < 4.78 is 35.7. The fourth-order valence-electron chi connectivity index (χ4n) is 2.36. The molecular formula is C18H18Cl3NO5S. The van der Waals surface area contributed by atoms with Crippen molar-refractivity contribution >= 4 is 50.8 Å². The SMILES string of the molecule is COC(=O)COc1ccc(C(NS(=O)(=O)c2ccccc2)C(Cl)(Cl)Cl)cc1C. The second-order valence-electron chi connectivity index (χ2n) is 5.80. The zero-order chi connectivity index (χ0) is 20.9. The number of sulfonamides is 1. The van der Waals surface area contributed by atoms with Crippen LogP contribution >= 0.6 is 34.8 Å². The molecule has 0 heterocycles. The van der Waals surface area contributed by atoms with E-state index in [4.69, 9.17) is 39.5 Å². The average molecular weight is 467 g/mol. The highest BCUT2D eigenvalue weighted by Gasteiger charge is 2.37. The molecule has 0 aromatic heterocycles. The molecule has 0 aliphatic heterocycles. The number of rotatable bonds is 7. The molecule has 1 unspecified atom stereocenters. The van der Waals surface area contributed by atoms with Gasteiger partial charge in [0, 0.05) is 0 Å². The topological polar surface area (TPSA) is 81.7 Å². The number of aryl methyl sites for hydroxylation is 1. The summed E-state index contributed by atoms with van der Waals surface area (Å²) in [5.74, 6) is -0.110. The molecule has 6 nitrogen and oxygen atoms in total. The number of benzene rings is 2. The van der Waals surface area contributed by atoms with Gasteiger partial charge in [0.25, 0.3) is 0 Å². The summed E-state index contributed by atoms with van der Waals surface area (Å²) in [6, 6.07) is 11.3. The zero-order valence-electron chi connectivity index (χ0n) is 15.0. The molecular weight excluding hydrogens is 449 g/mol. The Bertz CT molecular complexity index is 930. The lowest BCUT2D eigenvalue weighted by Gasteiger charge is -2.26. The van der Waals surface area contributed by atoms with E-state index in [0.29, 0.717) is 16.9 Å². The van der Waals surface area contributed by atoms with Gasteiger partial charge in [-0.15, -0.1) is 0 Å². The molecule has 0 spiro atoms. The van der Waals surface area contributed by atoms with Gasteiger partial charge in [-0.2, -0.15) is 4.72 Å². The van der Waals surface area contributed by atoms with Crippen LogP contribution < -0.4 is 9.46 Å². The molecule has 2 rings (SSSR count). The molecule has 2 aromatic rings. The first-order valence-electron chi connectivity index (χ1n) is 7.99. The summed E-state index contributed by atoms with van der Waals surface area (Å²) in [4.78, 5) is 11.3. The molecule has 0 aliphatic rings. The maximum atomic E-state index is 12.7. The van der Waals surface area contributed by atoms with E-state index in [9.17, 15) is 13.2 Å². The van der Waals surface area contributed by atoms with Crippen molar-refractivity contribution in [3.8, 4) is 5.75 Å². The van der Waals surface area contributed by atoms with Crippen LogP contribution in [0.2, 0.25) is 0 Å². The van der Waals surface area contributed by atoms with Crippen LogP contribution in [-0.2, 0) is 19.6 Å². The second-order valence-corrected chi connectivity index (χ2v) is 9.88. The molecule has 28 heavy (non-hydrogen) atoms. The number of methoxy groups -OCH3 is 1. The van der Waals surface area contributed by atoms with E-state index < -0.39 is 25.8 Å². The highest BCUT2D eigenvalue weighted by atomic mass is 35.6. The van der Waals surface area contributed by atoms with Crippen molar-refractivity contribution in [1.82, 2.24) is 4.72 Å². The van der Waals surface area contributed by atoms with Crippen LogP contribution in [0.25, 0.3) is 0 Å². The van der Waals surface area contributed by atoms with Gasteiger partial charge < -0.3 is 9.47 Å². The van der Waals surface area contributed by atoms with E-state index in [1.165, 1.54) is 19.2 Å². The Hall–Kier alpha value is -1.51. The lowest BCUT2D eigenvalue weighted by atomic mass is 10.1. The summed E-state index contributed by atoms with van der Waals surface area (Å²) in [6.45, 7) is 1.46. The number of alkyl halides is 3. The van der Waals surface area contributed by atoms with Crippen LogP contribution in [0.15, 0.2) is 53.4 Å². The number of carbonyl (C=O) groups is 1. The van der Waals surface area contributed by atoms with Crippen LogP contribution in [0, 0.1) is 6.92 Å². The van der Waals surface area contributed by atoms with Crippen molar-refractivity contribution in [2.75, 3.05) is 13.7 Å². The fourth-order valence-corrected chi connectivity index (χ4v) is 4.37. The average Bonchev–Trinajstić information content (AvgIpc) is 2.64. The van der Waals surface area contributed by atoms with Gasteiger partial charge in [0.2, 0.25) is 13.8 Å². The molecule has 10 heteroatoms. The van der Waals surface area contributed by atoms with E-state index in [1.807, 2.05) is 0 Å². The second kappa shape index (κ2) is 9.33. The first kappa shape index (κ1) is 22.8. The summed E-state index contributed by atoms with van der Waals surface area (Å²) in [5.41, 5.74) is 1.04. The molecule has 152 valence electrons. The van der Waals surface area contributed by atoms with E-state index in [1.54, 1.807) is 43.3 Å². The molecule has 0 radical (unpaired) electrons. The Morgan fingerprint density at radius 2 is 1.79 bits per heavy atom. The van der Waals surface area contributed by atoms with Crippen molar-refractivity contribution in [1.29, 1.82) is 0 Å². The molecule has 0 amide bonds. The normalized spacial score (nSPS) is 13.0. The van der Waals surface area contributed by atoms with E-state index in [2.05, 4.69) is 9.46 Å². The quantitative estimate of drug-likeness (QED) is 0.494. The fraction of sp³-hybridized carbons (Fsp3) is 0.278. The Kier molecular flexibility index (Phi) is 7.59. The number of carbonyl (C=O) groups excluding carboxylic acids is 1. The smallest absolute Gasteiger partial charge is 0.343 e. The molecule has 0 saturated carbocycles. The zero-order valence-corrected chi connectivity index (χ0v) is 18.1. The monoisotopic (exact) mass is 465 g/mol. The minimum Gasteiger partial charge on any atom is -0.482 e. The third-order valence-electron chi connectivity index (χ3n) is 3.76. The first-order chi connectivity index (χ1) is 13.0. The lowest BCUT2D eigenvalue weighted by Crippen LogP contribution is -2.36. The first-order valence-corrected chi connectivity index (χ1v) is 10.6. The highest BCUT2D eigenvalue weighted by Crippen LogP contribution is 2.41.